The standard InChI is InChI=1S/C31H28N2O3/c1-3-10-25-17-23(20-33-36-22-27-13-6-5-12-26(27)19-32)18-30(34-4-2)31(25)35-21-28-15-9-14-24-11-7-8-16-29(24)28/h3,5-9,11-18,20H,1,4,10,21-22H2,2H3/b33-20-. The molecule has 5 nitrogen and oxygen atoms in total. The molecule has 0 unspecified atom stereocenters. The number of hydrogen-bond acceptors (Lipinski definition) is 5. The summed E-state index contributed by atoms with van der Waals surface area (Å²) in [6.07, 6.45) is 4.09. The summed E-state index contributed by atoms with van der Waals surface area (Å²) in [4.78, 5) is 5.47. The minimum atomic E-state index is 0.213. The van der Waals surface area contributed by atoms with Gasteiger partial charge in [-0.2, -0.15) is 5.26 Å². The van der Waals surface area contributed by atoms with Gasteiger partial charge in [0.1, 0.15) is 13.2 Å². The Balaban J connectivity index is 1.55. The largest absolute Gasteiger partial charge is 0.490 e. The normalized spacial score (nSPS) is 10.8. The highest BCUT2D eigenvalue weighted by molar-refractivity contribution is 5.85. The predicted octanol–water partition coefficient (Wildman–Crippen LogP) is 6.97. The van der Waals surface area contributed by atoms with Crippen LogP contribution in [-0.4, -0.2) is 12.8 Å². The van der Waals surface area contributed by atoms with E-state index >= 15 is 0 Å². The van der Waals surface area contributed by atoms with Gasteiger partial charge in [0, 0.05) is 16.7 Å². The zero-order valence-corrected chi connectivity index (χ0v) is 20.3. The van der Waals surface area contributed by atoms with Crippen molar-refractivity contribution in [2.24, 2.45) is 5.16 Å². The monoisotopic (exact) mass is 476 g/mol. The van der Waals surface area contributed by atoms with E-state index in [1.165, 1.54) is 10.8 Å². The minimum Gasteiger partial charge on any atom is -0.490 e. The van der Waals surface area contributed by atoms with Gasteiger partial charge in [0.25, 0.3) is 0 Å². The average molecular weight is 477 g/mol. The van der Waals surface area contributed by atoms with Gasteiger partial charge >= 0.3 is 0 Å². The van der Waals surface area contributed by atoms with Crippen LogP contribution in [-0.2, 0) is 24.5 Å². The Morgan fingerprint density at radius 3 is 2.50 bits per heavy atom. The summed E-state index contributed by atoms with van der Waals surface area (Å²) in [6.45, 7) is 6.98. The number of rotatable bonds is 11. The second-order valence-corrected chi connectivity index (χ2v) is 8.14. The van der Waals surface area contributed by atoms with Crippen molar-refractivity contribution in [3.05, 3.63) is 119 Å². The molecule has 36 heavy (non-hydrogen) atoms. The van der Waals surface area contributed by atoms with Crippen molar-refractivity contribution in [1.29, 1.82) is 5.26 Å². The maximum absolute atomic E-state index is 9.23. The van der Waals surface area contributed by atoms with Crippen LogP contribution in [0.3, 0.4) is 0 Å². The fourth-order valence-corrected chi connectivity index (χ4v) is 4.02. The summed E-state index contributed by atoms with van der Waals surface area (Å²) < 4.78 is 12.3. The molecule has 4 rings (SSSR count). The third-order valence-electron chi connectivity index (χ3n) is 5.70. The van der Waals surface area contributed by atoms with E-state index < -0.39 is 0 Å². The lowest BCUT2D eigenvalue weighted by atomic mass is 10.0. The molecule has 4 aromatic carbocycles. The molecule has 0 aliphatic carbocycles. The van der Waals surface area contributed by atoms with Crippen LogP contribution in [0.2, 0.25) is 0 Å². The van der Waals surface area contributed by atoms with Crippen molar-refractivity contribution in [1.82, 2.24) is 0 Å². The quantitative estimate of drug-likeness (QED) is 0.133. The average Bonchev–Trinajstić information content (AvgIpc) is 2.91. The number of fused-ring (bicyclic) bond motifs is 1. The SMILES string of the molecule is C=CCc1cc(/C=N\OCc2ccccc2C#N)cc(OCC)c1OCc1cccc2ccccc12. The molecule has 0 atom stereocenters. The van der Waals surface area contributed by atoms with E-state index in [1.54, 1.807) is 12.3 Å². The van der Waals surface area contributed by atoms with Crippen molar-refractivity contribution in [3.63, 3.8) is 0 Å². The number of hydrogen-bond donors (Lipinski definition) is 0. The molecule has 0 N–H and O–H groups in total. The minimum absolute atomic E-state index is 0.213. The highest BCUT2D eigenvalue weighted by Gasteiger charge is 2.14. The maximum Gasteiger partial charge on any atom is 0.165 e. The first kappa shape index (κ1) is 24.6. The second kappa shape index (κ2) is 12.2. The summed E-state index contributed by atoms with van der Waals surface area (Å²) in [5, 5.41) is 15.7. The van der Waals surface area contributed by atoms with Gasteiger partial charge in [0.2, 0.25) is 0 Å². The first-order chi connectivity index (χ1) is 17.7. The molecule has 0 aromatic heterocycles. The number of allylic oxidation sites excluding steroid dienone is 1. The predicted molar refractivity (Wildman–Crippen MR) is 143 cm³/mol. The number of oxime groups is 1. The van der Waals surface area contributed by atoms with E-state index in [-0.39, 0.29) is 6.61 Å². The van der Waals surface area contributed by atoms with Crippen LogP contribution < -0.4 is 9.47 Å². The molecule has 0 heterocycles. The molecule has 0 amide bonds. The molecule has 0 spiro atoms. The van der Waals surface area contributed by atoms with Gasteiger partial charge in [-0.25, -0.2) is 0 Å². The number of nitriles is 1. The van der Waals surface area contributed by atoms with Gasteiger partial charge in [-0.05, 0) is 47.9 Å². The highest BCUT2D eigenvalue weighted by atomic mass is 16.6. The lowest BCUT2D eigenvalue weighted by Gasteiger charge is -2.17. The van der Waals surface area contributed by atoms with Gasteiger partial charge in [0.15, 0.2) is 11.5 Å². The van der Waals surface area contributed by atoms with E-state index in [9.17, 15) is 5.26 Å². The summed E-state index contributed by atoms with van der Waals surface area (Å²) in [5.74, 6) is 1.35. The topological polar surface area (TPSA) is 63.8 Å². The molecular formula is C31H28N2O3. The van der Waals surface area contributed by atoms with Crippen molar-refractivity contribution >= 4 is 17.0 Å². The summed E-state index contributed by atoms with van der Waals surface area (Å²) in [7, 11) is 0. The van der Waals surface area contributed by atoms with Gasteiger partial charge < -0.3 is 14.3 Å². The zero-order chi connectivity index (χ0) is 25.2. The Kier molecular flexibility index (Phi) is 8.35. The Morgan fingerprint density at radius 1 is 0.889 bits per heavy atom. The molecule has 0 saturated carbocycles. The maximum atomic E-state index is 9.23. The van der Waals surface area contributed by atoms with Crippen LogP contribution in [0, 0.1) is 11.3 Å². The Bertz CT molecular complexity index is 1410. The molecule has 0 bridgehead atoms. The number of benzene rings is 4. The van der Waals surface area contributed by atoms with Gasteiger partial charge in [-0.1, -0.05) is 71.9 Å². The smallest absolute Gasteiger partial charge is 0.165 e. The van der Waals surface area contributed by atoms with Crippen molar-refractivity contribution in [2.45, 2.75) is 26.6 Å². The summed E-state index contributed by atoms with van der Waals surface area (Å²) >= 11 is 0. The number of nitrogens with zero attached hydrogens (tertiary/aromatic N) is 2. The third kappa shape index (κ3) is 5.92. The van der Waals surface area contributed by atoms with Crippen LogP contribution in [0.15, 0.2) is 96.7 Å². The lowest BCUT2D eigenvalue weighted by Crippen LogP contribution is -2.04. The van der Waals surface area contributed by atoms with Crippen molar-refractivity contribution in [3.8, 4) is 17.6 Å². The van der Waals surface area contributed by atoms with Crippen LogP contribution >= 0.6 is 0 Å². The van der Waals surface area contributed by atoms with E-state index in [0.29, 0.717) is 36.7 Å². The van der Waals surface area contributed by atoms with Crippen LogP contribution in [0.1, 0.15) is 34.7 Å². The Hall–Kier alpha value is -4.56. The molecule has 180 valence electrons. The molecule has 0 radical (unpaired) electrons. The van der Waals surface area contributed by atoms with Crippen LogP contribution in [0.25, 0.3) is 10.8 Å². The first-order valence-electron chi connectivity index (χ1n) is 11.9. The van der Waals surface area contributed by atoms with E-state index in [2.05, 4.69) is 42.1 Å². The third-order valence-corrected chi connectivity index (χ3v) is 5.70. The van der Waals surface area contributed by atoms with Gasteiger partial charge in [0.05, 0.1) is 24.5 Å². The molecule has 0 fully saturated rings. The second-order valence-electron chi connectivity index (χ2n) is 8.14. The van der Waals surface area contributed by atoms with E-state index in [1.807, 2.05) is 61.5 Å². The highest BCUT2D eigenvalue weighted by Crippen LogP contribution is 2.35. The number of ether oxygens (including phenoxy) is 2. The lowest BCUT2D eigenvalue weighted by molar-refractivity contribution is 0.132. The van der Waals surface area contributed by atoms with Crippen molar-refractivity contribution in [2.75, 3.05) is 6.61 Å². The van der Waals surface area contributed by atoms with Crippen LogP contribution in [0.4, 0.5) is 0 Å². The Labute approximate surface area is 211 Å². The van der Waals surface area contributed by atoms with E-state index in [4.69, 9.17) is 14.3 Å². The zero-order valence-electron chi connectivity index (χ0n) is 20.3. The Morgan fingerprint density at radius 2 is 1.67 bits per heavy atom. The molecule has 0 aliphatic heterocycles. The summed E-state index contributed by atoms with van der Waals surface area (Å²) in [5.41, 5.74) is 4.25. The first-order valence-corrected chi connectivity index (χ1v) is 11.9. The van der Waals surface area contributed by atoms with Crippen LogP contribution in [0.5, 0.6) is 11.5 Å². The van der Waals surface area contributed by atoms with Gasteiger partial charge in [-0.15, -0.1) is 6.58 Å². The fraction of sp³-hybridized carbons (Fsp3) is 0.161. The molecule has 4 aromatic rings. The van der Waals surface area contributed by atoms with Crippen molar-refractivity contribution < 1.29 is 14.3 Å². The fourth-order valence-electron chi connectivity index (χ4n) is 4.02. The van der Waals surface area contributed by atoms with E-state index in [0.717, 1.165) is 22.3 Å². The molecule has 0 aliphatic rings. The molecule has 5 heteroatoms. The van der Waals surface area contributed by atoms with Gasteiger partial charge in [-0.3, -0.25) is 0 Å². The summed E-state index contributed by atoms with van der Waals surface area (Å²) in [6, 6.07) is 27.9. The molecule has 0 saturated heterocycles. The molecular weight excluding hydrogens is 448 g/mol.